The van der Waals surface area contributed by atoms with Gasteiger partial charge in [0.2, 0.25) is 8.32 Å². The Labute approximate surface area is 89.0 Å². The zero-order chi connectivity index (χ0) is 10.9. The van der Waals surface area contributed by atoms with Crippen molar-refractivity contribution in [3.63, 3.8) is 0 Å². The summed E-state index contributed by atoms with van der Waals surface area (Å²) in [6.07, 6.45) is 2.30. The zero-order valence-electron chi connectivity index (χ0n) is 10.3. The molecule has 1 aliphatic rings. The maximum absolute atomic E-state index is 6.21. The number of hydrogen-bond donors (Lipinski definition) is 0. The van der Waals surface area contributed by atoms with E-state index in [9.17, 15) is 0 Å². The van der Waals surface area contributed by atoms with Crippen molar-refractivity contribution in [2.24, 2.45) is 5.92 Å². The number of rotatable bonds is 3. The molecule has 14 heavy (non-hydrogen) atoms. The van der Waals surface area contributed by atoms with Gasteiger partial charge in [0, 0.05) is 5.92 Å². The Bertz CT molecular complexity index is 287. The van der Waals surface area contributed by atoms with Crippen molar-refractivity contribution in [3.05, 3.63) is 23.0 Å². The first-order valence-corrected chi connectivity index (χ1v) is 8.57. The smallest absolute Gasteiger partial charge is 0.244 e. The van der Waals surface area contributed by atoms with E-state index < -0.39 is 8.32 Å². The molecular weight excluding hydrogens is 188 g/mol. The van der Waals surface area contributed by atoms with Gasteiger partial charge in [-0.15, -0.1) is 0 Å². The third-order valence-corrected chi connectivity index (χ3v) is 5.59. The lowest BCUT2D eigenvalue weighted by atomic mass is 10.2. The largest absolute Gasteiger partial charge is 0.546 e. The number of hydrogen-bond acceptors (Lipinski definition) is 1. The predicted molar refractivity (Wildman–Crippen MR) is 64.7 cm³/mol. The van der Waals surface area contributed by atoms with E-state index in [0.717, 1.165) is 0 Å². The average Bonchev–Trinajstić information content (AvgIpc) is 2.32. The summed E-state index contributed by atoms with van der Waals surface area (Å²) in [7, 11) is -1.45. The Hall–Kier alpha value is -0.503. The Kier molecular flexibility index (Phi) is 3.25. The molecule has 0 aliphatic heterocycles. The normalized spacial score (nSPS) is 22.7. The van der Waals surface area contributed by atoms with Crippen LogP contribution in [0, 0.1) is 5.92 Å². The predicted octanol–water partition coefficient (Wildman–Crippen LogP) is 4.10. The fraction of sp³-hybridized carbons (Fsp3) is 0.667. The Morgan fingerprint density at radius 2 is 1.93 bits per heavy atom. The molecule has 2 heteroatoms. The van der Waals surface area contributed by atoms with Gasteiger partial charge in [-0.3, -0.25) is 0 Å². The topological polar surface area (TPSA) is 9.23 Å². The van der Waals surface area contributed by atoms with Gasteiger partial charge in [0.25, 0.3) is 0 Å². The maximum Gasteiger partial charge on any atom is 0.244 e. The SMILES string of the molecule is CC[Si](C)(C)OC1=C(C)C(C)=CC1C. The van der Waals surface area contributed by atoms with Gasteiger partial charge in [0.05, 0.1) is 5.76 Å². The van der Waals surface area contributed by atoms with E-state index in [0.29, 0.717) is 5.92 Å². The standard InChI is InChI=1S/C12H22OSi/c1-7-14(5,6)13-12-10(3)8-9(2)11(12)4/h8,10H,7H2,1-6H3. The molecule has 80 valence electrons. The summed E-state index contributed by atoms with van der Waals surface area (Å²) in [5, 5.41) is 0. The van der Waals surface area contributed by atoms with Crippen LogP contribution in [0.25, 0.3) is 0 Å². The Morgan fingerprint density at radius 1 is 1.36 bits per heavy atom. The van der Waals surface area contributed by atoms with Crippen LogP contribution < -0.4 is 0 Å². The lowest BCUT2D eigenvalue weighted by Crippen LogP contribution is -2.29. The summed E-state index contributed by atoms with van der Waals surface area (Å²) in [6.45, 7) is 13.4. The van der Waals surface area contributed by atoms with E-state index in [-0.39, 0.29) is 0 Å². The van der Waals surface area contributed by atoms with Crippen LogP contribution in [-0.2, 0) is 4.43 Å². The third kappa shape index (κ3) is 2.29. The molecule has 0 aromatic rings. The molecule has 0 radical (unpaired) electrons. The molecule has 0 aromatic carbocycles. The number of allylic oxidation sites excluding steroid dienone is 3. The molecule has 0 saturated carbocycles. The zero-order valence-corrected chi connectivity index (χ0v) is 11.3. The first-order valence-electron chi connectivity index (χ1n) is 5.46. The van der Waals surface area contributed by atoms with Crippen molar-refractivity contribution < 1.29 is 4.43 Å². The van der Waals surface area contributed by atoms with Gasteiger partial charge in [-0.05, 0) is 44.1 Å². The fourth-order valence-electron chi connectivity index (χ4n) is 1.65. The maximum atomic E-state index is 6.21. The van der Waals surface area contributed by atoms with Crippen molar-refractivity contribution in [1.29, 1.82) is 0 Å². The van der Waals surface area contributed by atoms with Crippen LogP contribution in [0.4, 0.5) is 0 Å². The minimum atomic E-state index is -1.45. The summed E-state index contributed by atoms with van der Waals surface area (Å²) >= 11 is 0. The molecule has 0 N–H and O–H groups in total. The van der Waals surface area contributed by atoms with Crippen molar-refractivity contribution >= 4 is 8.32 Å². The van der Waals surface area contributed by atoms with E-state index in [1.807, 2.05) is 0 Å². The second-order valence-corrected chi connectivity index (χ2v) is 9.27. The highest BCUT2D eigenvalue weighted by atomic mass is 28.4. The monoisotopic (exact) mass is 210 g/mol. The van der Waals surface area contributed by atoms with Crippen molar-refractivity contribution in [1.82, 2.24) is 0 Å². The minimum absolute atomic E-state index is 0.480. The second-order valence-electron chi connectivity index (χ2n) is 4.84. The van der Waals surface area contributed by atoms with E-state index in [1.165, 1.54) is 22.9 Å². The van der Waals surface area contributed by atoms with Gasteiger partial charge in [-0.1, -0.05) is 19.9 Å². The van der Waals surface area contributed by atoms with Crippen LogP contribution in [0.3, 0.4) is 0 Å². The molecule has 0 heterocycles. The van der Waals surface area contributed by atoms with E-state index in [1.54, 1.807) is 0 Å². The van der Waals surface area contributed by atoms with E-state index in [2.05, 4.69) is 46.9 Å². The van der Waals surface area contributed by atoms with Gasteiger partial charge in [-0.25, -0.2) is 0 Å². The van der Waals surface area contributed by atoms with Crippen LogP contribution in [0.1, 0.15) is 27.7 Å². The molecular formula is C12H22OSi. The van der Waals surface area contributed by atoms with E-state index >= 15 is 0 Å². The molecule has 0 aromatic heterocycles. The van der Waals surface area contributed by atoms with Gasteiger partial charge >= 0.3 is 0 Å². The Balaban J connectivity index is 2.82. The summed E-state index contributed by atoms with van der Waals surface area (Å²) in [6, 6.07) is 1.18. The lowest BCUT2D eigenvalue weighted by molar-refractivity contribution is 0.373. The van der Waals surface area contributed by atoms with Crippen molar-refractivity contribution in [2.45, 2.75) is 46.8 Å². The van der Waals surface area contributed by atoms with Gasteiger partial charge in [-0.2, -0.15) is 0 Å². The molecule has 1 aliphatic carbocycles. The molecule has 1 atom stereocenters. The van der Waals surface area contributed by atoms with Crippen molar-refractivity contribution in [3.8, 4) is 0 Å². The third-order valence-electron chi connectivity index (χ3n) is 3.11. The molecule has 1 unspecified atom stereocenters. The lowest BCUT2D eigenvalue weighted by Gasteiger charge is -2.26. The van der Waals surface area contributed by atoms with Crippen LogP contribution >= 0.6 is 0 Å². The van der Waals surface area contributed by atoms with Crippen LogP contribution in [-0.4, -0.2) is 8.32 Å². The minimum Gasteiger partial charge on any atom is -0.546 e. The highest BCUT2D eigenvalue weighted by molar-refractivity contribution is 6.71. The quantitative estimate of drug-likeness (QED) is 0.637. The summed E-state index contributed by atoms with van der Waals surface area (Å²) in [5.74, 6) is 1.70. The van der Waals surface area contributed by atoms with Gasteiger partial charge < -0.3 is 4.43 Å². The van der Waals surface area contributed by atoms with Gasteiger partial charge in [0.1, 0.15) is 0 Å². The summed E-state index contributed by atoms with van der Waals surface area (Å²) in [5.41, 5.74) is 2.74. The highest BCUT2D eigenvalue weighted by Crippen LogP contribution is 2.33. The van der Waals surface area contributed by atoms with Crippen LogP contribution in [0.2, 0.25) is 19.1 Å². The van der Waals surface area contributed by atoms with Crippen molar-refractivity contribution in [2.75, 3.05) is 0 Å². The molecule has 0 amide bonds. The molecule has 1 rings (SSSR count). The second kappa shape index (κ2) is 3.93. The molecule has 0 bridgehead atoms. The molecule has 0 fully saturated rings. The van der Waals surface area contributed by atoms with Gasteiger partial charge in [0.15, 0.2) is 0 Å². The first-order chi connectivity index (χ1) is 6.37. The van der Waals surface area contributed by atoms with E-state index in [4.69, 9.17) is 4.43 Å². The Morgan fingerprint density at radius 3 is 2.29 bits per heavy atom. The first kappa shape index (κ1) is 11.6. The summed E-state index contributed by atoms with van der Waals surface area (Å²) in [4.78, 5) is 0. The summed E-state index contributed by atoms with van der Waals surface area (Å²) < 4.78 is 6.21. The molecule has 0 saturated heterocycles. The van der Waals surface area contributed by atoms with Crippen LogP contribution in [0.5, 0.6) is 0 Å². The fourth-order valence-corrected chi connectivity index (χ4v) is 2.73. The highest BCUT2D eigenvalue weighted by Gasteiger charge is 2.28. The molecule has 1 nitrogen and oxygen atoms in total. The average molecular weight is 210 g/mol. The van der Waals surface area contributed by atoms with Crippen LogP contribution in [0.15, 0.2) is 23.0 Å². The molecule has 0 spiro atoms.